The first kappa shape index (κ1) is 15.9. The topological polar surface area (TPSA) is 103 Å². The van der Waals surface area contributed by atoms with Gasteiger partial charge in [0, 0.05) is 18.7 Å². The fraction of sp³-hybridized carbons (Fsp3) is 0.235. The van der Waals surface area contributed by atoms with Crippen LogP contribution in [0.25, 0.3) is 10.8 Å². The molecule has 2 aromatic carbocycles. The standard InChI is InChI=1S/C17H18N4O3/c22-15-6-5-11-3-1-2-4-12(11)13(15)10-20-21-16(23)9-14-17(24)19-8-7-18-14/h1-6,10,14,18,22H,7-9H2,(H,19,24)(H,21,23)/b20-10-/t14-/m1/s1. The molecule has 7 nitrogen and oxygen atoms in total. The number of fused-ring (bicyclic) bond motifs is 1. The van der Waals surface area contributed by atoms with Crippen molar-refractivity contribution in [2.45, 2.75) is 12.5 Å². The molecule has 1 aliphatic heterocycles. The van der Waals surface area contributed by atoms with Crippen molar-refractivity contribution < 1.29 is 14.7 Å². The van der Waals surface area contributed by atoms with Gasteiger partial charge >= 0.3 is 0 Å². The lowest BCUT2D eigenvalue weighted by molar-refractivity contribution is -0.129. The highest BCUT2D eigenvalue weighted by atomic mass is 16.3. The number of carbonyl (C=O) groups excluding carboxylic acids is 2. The summed E-state index contributed by atoms with van der Waals surface area (Å²) in [7, 11) is 0. The number of rotatable bonds is 4. The number of benzene rings is 2. The molecule has 1 atom stereocenters. The van der Waals surface area contributed by atoms with Crippen LogP contribution in [0.5, 0.6) is 5.75 Å². The summed E-state index contributed by atoms with van der Waals surface area (Å²) in [5.74, 6) is -0.479. The SMILES string of the molecule is O=C(C[C@H]1NCCNC1=O)N/N=C\c1c(O)ccc2ccccc12. The summed E-state index contributed by atoms with van der Waals surface area (Å²) in [6, 6.07) is 10.4. The van der Waals surface area contributed by atoms with Gasteiger partial charge in [-0.3, -0.25) is 9.59 Å². The molecule has 1 fully saturated rings. The van der Waals surface area contributed by atoms with Gasteiger partial charge in [-0.1, -0.05) is 30.3 Å². The van der Waals surface area contributed by atoms with E-state index in [0.717, 1.165) is 10.8 Å². The molecule has 124 valence electrons. The Labute approximate surface area is 138 Å². The fourth-order valence-electron chi connectivity index (χ4n) is 2.63. The first-order valence-corrected chi connectivity index (χ1v) is 7.69. The molecule has 1 aliphatic rings. The van der Waals surface area contributed by atoms with E-state index in [2.05, 4.69) is 21.2 Å². The third-order valence-electron chi connectivity index (χ3n) is 3.85. The van der Waals surface area contributed by atoms with Crippen molar-refractivity contribution in [2.24, 2.45) is 5.10 Å². The number of piperazine rings is 1. The number of phenolic OH excluding ortho intramolecular Hbond substituents is 1. The van der Waals surface area contributed by atoms with Gasteiger partial charge in [-0.05, 0) is 16.8 Å². The summed E-state index contributed by atoms with van der Waals surface area (Å²) in [6.45, 7) is 1.20. The molecule has 0 aromatic heterocycles. The number of aromatic hydroxyl groups is 1. The first-order chi connectivity index (χ1) is 11.6. The number of nitrogens with zero attached hydrogens (tertiary/aromatic N) is 1. The number of nitrogens with one attached hydrogen (secondary N) is 3. The summed E-state index contributed by atoms with van der Waals surface area (Å²) in [6.07, 6.45) is 1.41. The Kier molecular flexibility index (Phi) is 4.72. The maximum Gasteiger partial charge on any atom is 0.242 e. The second-order valence-corrected chi connectivity index (χ2v) is 5.51. The minimum atomic E-state index is -0.542. The van der Waals surface area contributed by atoms with E-state index in [0.29, 0.717) is 18.7 Å². The van der Waals surface area contributed by atoms with E-state index in [-0.39, 0.29) is 24.0 Å². The Bertz CT molecular complexity index is 804. The van der Waals surface area contributed by atoms with Crippen molar-refractivity contribution in [1.29, 1.82) is 0 Å². The maximum atomic E-state index is 11.9. The highest BCUT2D eigenvalue weighted by Crippen LogP contribution is 2.25. The summed E-state index contributed by atoms with van der Waals surface area (Å²) in [5.41, 5.74) is 2.92. The molecule has 7 heteroatoms. The molecular weight excluding hydrogens is 308 g/mol. The van der Waals surface area contributed by atoms with Gasteiger partial charge in [-0.15, -0.1) is 0 Å². The largest absolute Gasteiger partial charge is 0.507 e. The normalized spacial score (nSPS) is 17.8. The average Bonchev–Trinajstić information content (AvgIpc) is 2.59. The van der Waals surface area contributed by atoms with Gasteiger partial charge in [-0.25, -0.2) is 5.43 Å². The molecule has 0 radical (unpaired) electrons. The molecule has 3 rings (SSSR count). The van der Waals surface area contributed by atoms with Gasteiger partial charge in [0.15, 0.2) is 0 Å². The molecular formula is C17H18N4O3. The van der Waals surface area contributed by atoms with Crippen LogP contribution in [0.3, 0.4) is 0 Å². The molecule has 2 aromatic rings. The molecule has 4 N–H and O–H groups in total. The summed E-state index contributed by atoms with van der Waals surface area (Å²) in [4.78, 5) is 23.5. The average molecular weight is 326 g/mol. The van der Waals surface area contributed by atoms with Gasteiger partial charge in [0.05, 0.1) is 18.7 Å². The van der Waals surface area contributed by atoms with E-state index < -0.39 is 6.04 Å². The molecule has 0 saturated carbocycles. The van der Waals surface area contributed by atoms with Crippen LogP contribution in [0.1, 0.15) is 12.0 Å². The lowest BCUT2D eigenvalue weighted by Crippen LogP contribution is -2.54. The van der Waals surface area contributed by atoms with Gasteiger partial charge in [-0.2, -0.15) is 5.10 Å². The van der Waals surface area contributed by atoms with E-state index in [1.54, 1.807) is 6.07 Å². The molecule has 0 unspecified atom stereocenters. The van der Waals surface area contributed by atoms with Gasteiger partial charge in [0.1, 0.15) is 5.75 Å². The van der Waals surface area contributed by atoms with Gasteiger partial charge < -0.3 is 15.7 Å². The predicted octanol–water partition coefficient (Wildman–Crippen LogP) is 0.474. The van der Waals surface area contributed by atoms with E-state index >= 15 is 0 Å². The van der Waals surface area contributed by atoms with Crippen LogP contribution >= 0.6 is 0 Å². The van der Waals surface area contributed by atoms with Gasteiger partial charge in [0.25, 0.3) is 0 Å². The zero-order valence-corrected chi connectivity index (χ0v) is 13.0. The Morgan fingerprint density at radius 3 is 2.96 bits per heavy atom. The summed E-state index contributed by atoms with van der Waals surface area (Å²) >= 11 is 0. The van der Waals surface area contributed by atoms with Crippen molar-refractivity contribution in [3.8, 4) is 5.75 Å². The smallest absolute Gasteiger partial charge is 0.242 e. The zero-order valence-electron chi connectivity index (χ0n) is 13.0. The zero-order chi connectivity index (χ0) is 16.9. The predicted molar refractivity (Wildman–Crippen MR) is 90.8 cm³/mol. The number of carbonyl (C=O) groups is 2. The lowest BCUT2D eigenvalue weighted by Gasteiger charge is -2.22. The Morgan fingerprint density at radius 1 is 1.29 bits per heavy atom. The van der Waals surface area contributed by atoms with E-state index in [4.69, 9.17) is 0 Å². The molecule has 1 heterocycles. The van der Waals surface area contributed by atoms with Crippen molar-refractivity contribution >= 4 is 28.8 Å². The quantitative estimate of drug-likeness (QED) is 0.484. The van der Waals surface area contributed by atoms with Crippen LogP contribution in [0.15, 0.2) is 41.5 Å². The van der Waals surface area contributed by atoms with Crippen LogP contribution < -0.4 is 16.1 Å². The van der Waals surface area contributed by atoms with Crippen molar-refractivity contribution in [3.05, 3.63) is 42.0 Å². The van der Waals surface area contributed by atoms with Crippen molar-refractivity contribution in [3.63, 3.8) is 0 Å². The minimum Gasteiger partial charge on any atom is -0.507 e. The van der Waals surface area contributed by atoms with Gasteiger partial charge in [0.2, 0.25) is 11.8 Å². The number of phenols is 1. The third-order valence-corrected chi connectivity index (χ3v) is 3.85. The molecule has 0 aliphatic carbocycles. The van der Waals surface area contributed by atoms with Crippen molar-refractivity contribution in [2.75, 3.05) is 13.1 Å². The molecule has 0 bridgehead atoms. The second-order valence-electron chi connectivity index (χ2n) is 5.51. The maximum absolute atomic E-state index is 11.9. The van der Waals surface area contributed by atoms with Crippen molar-refractivity contribution in [1.82, 2.24) is 16.1 Å². The molecule has 2 amide bonds. The monoisotopic (exact) mass is 326 g/mol. The van der Waals surface area contributed by atoms with Crippen LogP contribution in [0, 0.1) is 0 Å². The number of hydrazone groups is 1. The van der Waals surface area contributed by atoms with E-state index in [1.807, 2.05) is 30.3 Å². The first-order valence-electron chi connectivity index (χ1n) is 7.69. The van der Waals surface area contributed by atoms with E-state index in [9.17, 15) is 14.7 Å². The van der Waals surface area contributed by atoms with Crippen LogP contribution in [-0.4, -0.2) is 42.3 Å². The molecule has 0 spiro atoms. The fourth-order valence-corrected chi connectivity index (χ4v) is 2.63. The Morgan fingerprint density at radius 2 is 2.12 bits per heavy atom. The van der Waals surface area contributed by atoms with E-state index in [1.165, 1.54) is 6.21 Å². The van der Waals surface area contributed by atoms with Crippen LogP contribution in [0.4, 0.5) is 0 Å². The Hall–Kier alpha value is -2.93. The van der Waals surface area contributed by atoms with Crippen LogP contribution in [-0.2, 0) is 9.59 Å². The molecule has 1 saturated heterocycles. The highest BCUT2D eigenvalue weighted by Gasteiger charge is 2.23. The number of hydrogen-bond acceptors (Lipinski definition) is 5. The second kappa shape index (κ2) is 7.10. The van der Waals surface area contributed by atoms with Crippen LogP contribution in [0.2, 0.25) is 0 Å². The number of hydrogen-bond donors (Lipinski definition) is 4. The third kappa shape index (κ3) is 3.52. The molecule has 24 heavy (non-hydrogen) atoms. The summed E-state index contributed by atoms with van der Waals surface area (Å²) < 4.78 is 0. The number of amides is 2. The summed E-state index contributed by atoms with van der Waals surface area (Å²) in [5, 5.41) is 21.4. The Balaban J connectivity index is 1.67. The highest BCUT2D eigenvalue weighted by molar-refractivity contribution is 6.02. The minimum absolute atomic E-state index is 0.00466. The lowest BCUT2D eigenvalue weighted by atomic mass is 10.0.